The van der Waals surface area contributed by atoms with Crippen LogP contribution in [-0.4, -0.2) is 39.8 Å². The first kappa shape index (κ1) is 22.3. The van der Waals surface area contributed by atoms with Crippen LogP contribution in [0.15, 0.2) is 98.6 Å². The number of halogens is 1. The molecule has 0 amide bonds. The van der Waals surface area contributed by atoms with Gasteiger partial charge in [-0.25, -0.2) is 4.79 Å². The lowest BCUT2D eigenvalue weighted by Gasteiger charge is -2.35. The van der Waals surface area contributed by atoms with Crippen LogP contribution in [0.3, 0.4) is 0 Å². The number of carbonyl (C=O) groups is 1. The van der Waals surface area contributed by atoms with E-state index in [1.54, 1.807) is 83.8 Å². The molecule has 3 heterocycles. The maximum absolute atomic E-state index is 14.0. The fourth-order valence-electron chi connectivity index (χ4n) is 4.98. The Morgan fingerprint density at radius 1 is 1.00 bits per heavy atom. The van der Waals surface area contributed by atoms with Crippen molar-refractivity contribution < 1.29 is 19.4 Å². The van der Waals surface area contributed by atoms with E-state index in [0.29, 0.717) is 29.2 Å². The number of benzene rings is 3. The molecule has 1 unspecified atom stereocenters. The second kappa shape index (κ2) is 8.19. The number of fused-ring (bicyclic) bond motifs is 2. The van der Waals surface area contributed by atoms with E-state index >= 15 is 0 Å². The molecular formula is C28H19ClN2O5. The van der Waals surface area contributed by atoms with Crippen LogP contribution in [-0.2, 0) is 5.72 Å². The first-order valence-electron chi connectivity index (χ1n) is 11.3. The van der Waals surface area contributed by atoms with Crippen LogP contribution < -0.4 is 5.63 Å². The summed E-state index contributed by atoms with van der Waals surface area (Å²) in [6.45, 7) is 0.661. The van der Waals surface area contributed by atoms with Gasteiger partial charge in [0.05, 0.1) is 17.5 Å². The quantitative estimate of drug-likeness (QED) is 0.320. The number of para-hydroxylation sites is 1. The van der Waals surface area contributed by atoms with E-state index in [2.05, 4.69) is 4.99 Å². The molecule has 2 aliphatic rings. The van der Waals surface area contributed by atoms with Gasteiger partial charge in [-0.3, -0.25) is 9.79 Å². The number of nitrogens with zero attached hydrogens (tertiary/aromatic N) is 2. The normalized spacial score (nSPS) is 19.1. The monoisotopic (exact) mass is 498 g/mol. The Morgan fingerprint density at radius 2 is 1.69 bits per heavy atom. The highest BCUT2D eigenvalue weighted by molar-refractivity contribution is 6.35. The van der Waals surface area contributed by atoms with Gasteiger partial charge >= 0.3 is 5.63 Å². The number of hydrogen-bond donors (Lipinski definition) is 2. The summed E-state index contributed by atoms with van der Waals surface area (Å²) in [7, 11) is 0. The van der Waals surface area contributed by atoms with Gasteiger partial charge in [-0.2, -0.15) is 0 Å². The average molecular weight is 499 g/mol. The van der Waals surface area contributed by atoms with Gasteiger partial charge in [-0.1, -0.05) is 54.1 Å². The minimum atomic E-state index is -1.96. The fraction of sp³-hybridized carbons (Fsp3) is 0.107. The molecule has 0 aliphatic carbocycles. The Hall–Kier alpha value is -4.20. The van der Waals surface area contributed by atoms with Crippen molar-refractivity contribution in [2.24, 2.45) is 4.99 Å². The summed E-state index contributed by atoms with van der Waals surface area (Å²) in [5.41, 5.74) is -2.25. The molecule has 178 valence electrons. The van der Waals surface area contributed by atoms with E-state index in [1.807, 2.05) is 0 Å². The van der Waals surface area contributed by atoms with Crippen molar-refractivity contribution in [1.29, 1.82) is 0 Å². The van der Waals surface area contributed by atoms with Crippen molar-refractivity contribution in [2.75, 3.05) is 13.1 Å². The van der Waals surface area contributed by atoms with E-state index < -0.39 is 17.1 Å². The van der Waals surface area contributed by atoms with E-state index in [0.717, 1.165) is 0 Å². The molecule has 4 aromatic rings. The Balaban J connectivity index is 1.73. The molecule has 0 saturated heterocycles. The number of aliphatic hydroxyl groups is 1. The lowest BCUT2D eigenvalue weighted by molar-refractivity contribution is -0.00866. The van der Waals surface area contributed by atoms with Crippen LogP contribution >= 0.6 is 11.6 Å². The zero-order chi connectivity index (χ0) is 25.0. The van der Waals surface area contributed by atoms with Gasteiger partial charge in [-0.15, -0.1) is 0 Å². The van der Waals surface area contributed by atoms with E-state index in [4.69, 9.17) is 16.0 Å². The van der Waals surface area contributed by atoms with Crippen molar-refractivity contribution in [3.63, 3.8) is 0 Å². The third kappa shape index (κ3) is 3.13. The minimum Gasteiger partial charge on any atom is -0.506 e. The zero-order valence-corrected chi connectivity index (χ0v) is 19.6. The van der Waals surface area contributed by atoms with Gasteiger partial charge in [0.2, 0.25) is 0 Å². The molecule has 8 heteroatoms. The van der Waals surface area contributed by atoms with E-state index in [1.165, 1.54) is 0 Å². The highest BCUT2D eigenvalue weighted by atomic mass is 35.5. The Kier molecular flexibility index (Phi) is 5.07. The fourth-order valence-corrected chi connectivity index (χ4v) is 5.11. The SMILES string of the molecule is O=C(C1=C(c2c(O)c3ccccc3oc2=O)C(O)(c2ccccc2)N2CCN=C12)c1ccc(Cl)cc1. The van der Waals surface area contributed by atoms with Gasteiger partial charge < -0.3 is 19.5 Å². The van der Waals surface area contributed by atoms with Gasteiger partial charge in [0.25, 0.3) is 0 Å². The number of aliphatic imine (C=N–C) groups is 1. The Labute approximate surface area is 210 Å². The number of carbonyl (C=O) groups excluding carboxylic acids is 1. The number of ketones is 1. The topological polar surface area (TPSA) is 103 Å². The summed E-state index contributed by atoms with van der Waals surface area (Å²) in [5.74, 6) is -0.594. The number of Topliss-reactive ketones (excluding diaryl/α,β-unsaturated/α-hetero) is 1. The molecule has 2 N–H and O–H groups in total. The lowest BCUT2D eigenvalue weighted by atomic mass is 9.86. The average Bonchev–Trinajstić information content (AvgIpc) is 3.46. The van der Waals surface area contributed by atoms with Crippen LogP contribution in [0.1, 0.15) is 21.5 Å². The molecule has 36 heavy (non-hydrogen) atoms. The van der Waals surface area contributed by atoms with Crippen LogP contribution in [0, 0.1) is 0 Å². The molecule has 7 nitrogen and oxygen atoms in total. The predicted molar refractivity (Wildman–Crippen MR) is 136 cm³/mol. The first-order valence-corrected chi connectivity index (χ1v) is 11.7. The zero-order valence-electron chi connectivity index (χ0n) is 18.8. The van der Waals surface area contributed by atoms with Gasteiger partial charge in [-0.05, 0) is 36.4 Å². The summed E-state index contributed by atoms with van der Waals surface area (Å²) in [6.07, 6.45) is 0. The Morgan fingerprint density at radius 3 is 2.44 bits per heavy atom. The second-order valence-electron chi connectivity index (χ2n) is 8.59. The third-order valence-corrected chi connectivity index (χ3v) is 6.85. The lowest BCUT2D eigenvalue weighted by Crippen LogP contribution is -2.44. The van der Waals surface area contributed by atoms with Gasteiger partial charge in [0.1, 0.15) is 22.7 Å². The maximum atomic E-state index is 14.0. The van der Waals surface area contributed by atoms with Crippen molar-refractivity contribution in [1.82, 2.24) is 4.90 Å². The highest BCUT2D eigenvalue weighted by Crippen LogP contribution is 2.51. The molecule has 1 atom stereocenters. The maximum Gasteiger partial charge on any atom is 0.347 e. The second-order valence-corrected chi connectivity index (χ2v) is 9.03. The van der Waals surface area contributed by atoms with E-state index in [-0.39, 0.29) is 39.3 Å². The molecule has 0 bridgehead atoms. The molecule has 0 radical (unpaired) electrons. The van der Waals surface area contributed by atoms with Crippen molar-refractivity contribution in [2.45, 2.75) is 5.72 Å². The predicted octanol–water partition coefficient (Wildman–Crippen LogP) is 4.36. The van der Waals surface area contributed by atoms with Gasteiger partial charge in [0.15, 0.2) is 11.5 Å². The van der Waals surface area contributed by atoms with Crippen molar-refractivity contribution >= 4 is 39.8 Å². The number of rotatable bonds is 4. The summed E-state index contributed by atoms with van der Waals surface area (Å²) >= 11 is 6.03. The molecular weight excluding hydrogens is 480 g/mol. The van der Waals surface area contributed by atoms with E-state index in [9.17, 15) is 19.8 Å². The van der Waals surface area contributed by atoms with Crippen LogP contribution in [0.4, 0.5) is 0 Å². The van der Waals surface area contributed by atoms with Crippen LogP contribution in [0.2, 0.25) is 5.02 Å². The van der Waals surface area contributed by atoms with Gasteiger partial charge in [0, 0.05) is 28.3 Å². The summed E-state index contributed by atoms with van der Waals surface area (Å²) in [5, 5.41) is 24.5. The molecule has 0 fully saturated rings. The van der Waals surface area contributed by atoms with Crippen LogP contribution in [0.25, 0.3) is 16.5 Å². The molecule has 2 aliphatic heterocycles. The molecule has 1 aromatic heterocycles. The number of aromatic hydroxyl groups is 1. The highest BCUT2D eigenvalue weighted by Gasteiger charge is 2.55. The largest absolute Gasteiger partial charge is 0.506 e. The number of hydrogen-bond acceptors (Lipinski definition) is 7. The molecule has 3 aromatic carbocycles. The molecule has 0 spiro atoms. The van der Waals surface area contributed by atoms with Crippen molar-refractivity contribution in [3.8, 4) is 5.75 Å². The summed E-state index contributed by atoms with van der Waals surface area (Å²) in [4.78, 5) is 33.4. The summed E-state index contributed by atoms with van der Waals surface area (Å²) in [6, 6.07) is 21.5. The third-order valence-electron chi connectivity index (χ3n) is 6.60. The first-order chi connectivity index (χ1) is 17.4. The smallest absolute Gasteiger partial charge is 0.347 e. The van der Waals surface area contributed by atoms with Crippen LogP contribution in [0.5, 0.6) is 5.75 Å². The standard InChI is InChI=1S/C28H19ClN2O5/c29-18-12-10-16(11-13-18)24(32)21-23(22-25(33)19-8-4-5-9-20(19)36-27(22)34)28(35,17-6-2-1-3-7-17)31-15-14-30-26(21)31/h1-13,33,35H,14-15H2. The summed E-state index contributed by atoms with van der Waals surface area (Å²) < 4.78 is 5.54. The van der Waals surface area contributed by atoms with Crippen molar-refractivity contribution in [3.05, 3.63) is 117 Å². The molecule has 6 rings (SSSR count). The minimum absolute atomic E-state index is 0.0269. The molecule has 0 saturated carbocycles. The number of amidine groups is 1. The Bertz CT molecular complexity index is 1660.